The number of nitrogens with one attached hydrogen (secondary N) is 2. The van der Waals surface area contributed by atoms with Crippen molar-refractivity contribution >= 4 is 16.9 Å². The topological polar surface area (TPSA) is 68.4 Å². The lowest BCUT2D eigenvalue weighted by Gasteiger charge is -2.37. The summed E-state index contributed by atoms with van der Waals surface area (Å²) in [6.07, 6.45) is 3.55. The number of halogens is 2. The first-order valence-electron chi connectivity index (χ1n) is 11.3. The molecule has 3 N–H and O–H groups in total. The number of carbonyl (C=O) groups is 1. The van der Waals surface area contributed by atoms with E-state index in [0.29, 0.717) is 19.0 Å². The summed E-state index contributed by atoms with van der Waals surface area (Å²) in [5.74, 6) is 0.0112. The molecule has 3 aromatic rings. The van der Waals surface area contributed by atoms with E-state index in [4.69, 9.17) is 0 Å². The zero-order valence-corrected chi connectivity index (χ0v) is 17.8. The molecule has 2 aromatic carbocycles. The first-order chi connectivity index (χ1) is 15.5. The van der Waals surface area contributed by atoms with Crippen molar-refractivity contribution < 1.29 is 18.7 Å². The van der Waals surface area contributed by atoms with Crippen LogP contribution in [0.15, 0.2) is 42.5 Å². The molecule has 0 unspecified atom stereocenters. The van der Waals surface area contributed by atoms with E-state index in [-0.39, 0.29) is 36.2 Å². The Morgan fingerprint density at radius 3 is 2.62 bits per heavy atom. The summed E-state index contributed by atoms with van der Waals surface area (Å²) in [5, 5.41) is 13.3. The minimum Gasteiger partial charge on any atom is -0.394 e. The Labute approximate surface area is 185 Å². The van der Waals surface area contributed by atoms with Crippen LogP contribution in [0.3, 0.4) is 0 Å². The molecule has 1 aromatic heterocycles. The van der Waals surface area contributed by atoms with Gasteiger partial charge in [-0.15, -0.1) is 0 Å². The number of amides is 2. The molecule has 0 spiro atoms. The molecule has 0 bridgehead atoms. The first kappa shape index (κ1) is 20.9. The molecule has 2 amide bonds. The highest BCUT2D eigenvalue weighted by Gasteiger charge is 2.35. The second-order valence-corrected chi connectivity index (χ2v) is 9.00. The minimum atomic E-state index is -0.293. The number of aliphatic hydroxyl groups is 1. The summed E-state index contributed by atoms with van der Waals surface area (Å²) in [5.41, 5.74) is 3.70. The van der Waals surface area contributed by atoms with Crippen molar-refractivity contribution in [2.24, 2.45) is 5.92 Å². The molecule has 168 valence electrons. The molecule has 1 saturated carbocycles. The molecule has 2 aliphatic rings. The summed E-state index contributed by atoms with van der Waals surface area (Å²) < 4.78 is 27.5. The standard InChI is InChI=1S/C25H27F2N3O2/c26-18-5-3-16(4-6-18)24-23(21-12-19(27)7-8-22(21)29-24)17-10-15(11-17)13-28-25(32)30-9-1-2-20(30)14-31/h3-8,12,15,17,20,29,31H,1-2,9-11,13-14H2,(H,28,32)/t15?,17?,20-/m1/s1. The number of benzene rings is 2. The number of likely N-dealkylation sites (tertiary alicyclic amines) is 1. The van der Waals surface area contributed by atoms with Gasteiger partial charge in [0.2, 0.25) is 0 Å². The van der Waals surface area contributed by atoms with Gasteiger partial charge in [0.25, 0.3) is 0 Å². The van der Waals surface area contributed by atoms with Crippen molar-refractivity contribution in [2.45, 2.75) is 37.6 Å². The zero-order chi connectivity index (χ0) is 22.2. The van der Waals surface area contributed by atoms with Gasteiger partial charge in [0.05, 0.1) is 12.6 Å². The fraction of sp³-hybridized carbons (Fsp3) is 0.400. The molecular weight excluding hydrogens is 412 g/mol. The van der Waals surface area contributed by atoms with Crippen molar-refractivity contribution in [3.8, 4) is 11.3 Å². The highest BCUT2D eigenvalue weighted by atomic mass is 19.1. The van der Waals surface area contributed by atoms with E-state index in [0.717, 1.165) is 53.4 Å². The number of aromatic nitrogens is 1. The third kappa shape index (κ3) is 3.86. The average molecular weight is 440 g/mol. The van der Waals surface area contributed by atoms with Crippen LogP contribution in [0, 0.1) is 17.6 Å². The molecule has 5 rings (SSSR count). The maximum atomic E-state index is 14.0. The highest BCUT2D eigenvalue weighted by molar-refractivity contribution is 5.91. The quantitative estimate of drug-likeness (QED) is 0.536. The van der Waals surface area contributed by atoms with Gasteiger partial charge < -0.3 is 20.3 Å². The fourth-order valence-corrected chi connectivity index (χ4v) is 5.22. The predicted molar refractivity (Wildman–Crippen MR) is 119 cm³/mol. The molecule has 7 heteroatoms. The van der Waals surface area contributed by atoms with E-state index in [1.807, 2.05) is 0 Å². The number of carbonyl (C=O) groups excluding carboxylic acids is 1. The van der Waals surface area contributed by atoms with E-state index in [9.17, 15) is 18.7 Å². The number of hydrogen-bond donors (Lipinski definition) is 3. The Morgan fingerprint density at radius 1 is 1.12 bits per heavy atom. The van der Waals surface area contributed by atoms with Gasteiger partial charge in [0.1, 0.15) is 11.6 Å². The third-order valence-corrected chi connectivity index (χ3v) is 6.97. The van der Waals surface area contributed by atoms with Crippen molar-refractivity contribution in [3.63, 3.8) is 0 Å². The average Bonchev–Trinajstić information content (AvgIpc) is 3.38. The summed E-state index contributed by atoms with van der Waals surface area (Å²) in [4.78, 5) is 17.6. The smallest absolute Gasteiger partial charge is 0.317 e. The second-order valence-electron chi connectivity index (χ2n) is 9.00. The summed E-state index contributed by atoms with van der Waals surface area (Å²) in [6, 6.07) is 10.9. The molecule has 0 radical (unpaired) electrons. The van der Waals surface area contributed by atoms with Crippen molar-refractivity contribution in [3.05, 3.63) is 59.7 Å². The SMILES string of the molecule is O=C(NCC1CC(c2c(-c3ccc(F)cc3)[nH]c3ccc(F)cc23)C1)N1CCC[C@@H]1CO. The molecule has 2 fully saturated rings. The number of nitrogens with zero attached hydrogens (tertiary/aromatic N) is 1. The van der Waals surface area contributed by atoms with Crippen LogP contribution in [0.5, 0.6) is 0 Å². The molecule has 32 heavy (non-hydrogen) atoms. The van der Waals surface area contributed by atoms with Gasteiger partial charge in [-0.25, -0.2) is 13.6 Å². The minimum absolute atomic E-state index is 0.00219. The Bertz CT molecular complexity index is 1120. The molecule has 2 heterocycles. The van der Waals surface area contributed by atoms with Crippen molar-refractivity contribution in [1.29, 1.82) is 0 Å². The second kappa shape index (κ2) is 8.54. The van der Waals surface area contributed by atoms with E-state index in [1.54, 1.807) is 29.2 Å². The lowest BCUT2D eigenvalue weighted by atomic mass is 9.70. The predicted octanol–water partition coefficient (Wildman–Crippen LogP) is 4.77. The molecule has 1 saturated heterocycles. The molecule has 1 atom stereocenters. The summed E-state index contributed by atoms with van der Waals surface area (Å²) in [7, 11) is 0. The monoisotopic (exact) mass is 439 g/mol. The van der Waals surface area contributed by atoms with Crippen molar-refractivity contribution in [1.82, 2.24) is 15.2 Å². The maximum absolute atomic E-state index is 14.0. The van der Waals surface area contributed by atoms with Crippen LogP contribution in [-0.2, 0) is 0 Å². The zero-order valence-electron chi connectivity index (χ0n) is 17.8. The van der Waals surface area contributed by atoms with Gasteiger partial charge in [0, 0.05) is 29.7 Å². The maximum Gasteiger partial charge on any atom is 0.317 e. The number of aliphatic hydroxyl groups excluding tert-OH is 1. The number of rotatable bonds is 5. The molecule has 5 nitrogen and oxygen atoms in total. The van der Waals surface area contributed by atoms with E-state index in [2.05, 4.69) is 10.3 Å². The normalized spacial score (nSPS) is 22.8. The molecular formula is C25H27F2N3O2. The molecule has 1 aliphatic carbocycles. The van der Waals surface area contributed by atoms with Gasteiger partial charge >= 0.3 is 6.03 Å². The van der Waals surface area contributed by atoms with Crippen LogP contribution >= 0.6 is 0 Å². The number of urea groups is 1. The largest absolute Gasteiger partial charge is 0.394 e. The first-order valence-corrected chi connectivity index (χ1v) is 11.3. The van der Waals surface area contributed by atoms with Crippen LogP contribution in [0.25, 0.3) is 22.2 Å². The summed E-state index contributed by atoms with van der Waals surface area (Å²) in [6.45, 7) is 1.28. The van der Waals surface area contributed by atoms with Gasteiger partial charge in [-0.05, 0) is 91.1 Å². The number of hydrogen-bond acceptors (Lipinski definition) is 2. The van der Waals surface area contributed by atoms with Gasteiger partial charge in [-0.3, -0.25) is 0 Å². The van der Waals surface area contributed by atoms with Gasteiger partial charge in [0.15, 0.2) is 0 Å². The Morgan fingerprint density at radius 2 is 1.88 bits per heavy atom. The Kier molecular flexibility index (Phi) is 5.59. The third-order valence-electron chi connectivity index (χ3n) is 6.97. The lowest BCUT2D eigenvalue weighted by Crippen LogP contribution is -2.46. The highest BCUT2D eigenvalue weighted by Crippen LogP contribution is 2.47. The van der Waals surface area contributed by atoms with Gasteiger partial charge in [-0.1, -0.05) is 0 Å². The number of H-pyrrole nitrogens is 1. The summed E-state index contributed by atoms with van der Waals surface area (Å²) >= 11 is 0. The van der Waals surface area contributed by atoms with Crippen LogP contribution in [-0.4, -0.2) is 46.8 Å². The number of aromatic amines is 1. The van der Waals surface area contributed by atoms with Crippen LogP contribution in [0.2, 0.25) is 0 Å². The Hall–Kier alpha value is -2.93. The van der Waals surface area contributed by atoms with Gasteiger partial charge in [-0.2, -0.15) is 0 Å². The fourth-order valence-electron chi connectivity index (χ4n) is 5.22. The van der Waals surface area contributed by atoms with E-state index < -0.39 is 0 Å². The van der Waals surface area contributed by atoms with Crippen LogP contribution in [0.1, 0.15) is 37.2 Å². The van der Waals surface area contributed by atoms with Crippen LogP contribution < -0.4 is 5.32 Å². The molecule has 1 aliphatic heterocycles. The van der Waals surface area contributed by atoms with Crippen molar-refractivity contribution in [2.75, 3.05) is 19.7 Å². The van der Waals surface area contributed by atoms with E-state index in [1.165, 1.54) is 18.2 Å². The lowest BCUT2D eigenvalue weighted by molar-refractivity contribution is 0.153. The Balaban J connectivity index is 1.31. The number of fused-ring (bicyclic) bond motifs is 1. The van der Waals surface area contributed by atoms with Crippen LogP contribution in [0.4, 0.5) is 13.6 Å². The van der Waals surface area contributed by atoms with E-state index >= 15 is 0 Å².